The SMILES string of the molecule is O=C1c2nc3n(c2C(=O)c2nc4n(c21)CCOC4)CCOC3. The average molecular weight is 300 g/mol. The number of hydrogen-bond acceptors (Lipinski definition) is 6. The summed E-state index contributed by atoms with van der Waals surface area (Å²) in [6.45, 7) is 2.73. The molecule has 0 spiro atoms. The molecule has 0 N–H and O–H groups in total. The Balaban J connectivity index is 1.76. The van der Waals surface area contributed by atoms with Gasteiger partial charge in [-0.15, -0.1) is 0 Å². The quantitative estimate of drug-likeness (QED) is 0.577. The molecule has 0 saturated carbocycles. The van der Waals surface area contributed by atoms with Gasteiger partial charge in [-0.3, -0.25) is 9.59 Å². The Morgan fingerprint density at radius 2 is 1.23 bits per heavy atom. The van der Waals surface area contributed by atoms with Gasteiger partial charge in [0.25, 0.3) is 0 Å². The van der Waals surface area contributed by atoms with Gasteiger partial charge in [0, 0.05) is 13.1 Å². The van der Waals surface area contributed by atoms with Gasteiger partial charge in [0.05, 0.1) is 13.2 Å². The normalized spacial score (nSPS) is 19.5. The van der Waals surface area contributed by atoms with Gasteiger partial charge >= 0.3 is 0 Å². The van der Waals surface area contributed by atoms with Crippen molar-refractivity contribution in [3.8, 4) is 0 Å². The molecule has 0 radical (unpaired) electrons. The largest absolute Gasteiger partial charge is 0.372 e. The van der Waals surface area contributed by atoms with E-state index in [1.807, 2.05) is 0 Å². The maximum Gasteiger partial charge on any atom is 0.232 e. The van der Waals surface area contributed by atoms with Gasteiger partial charge in [-0.2, -0.15) is 0 Å². The number of ether oxygens (including phenoxy) is 2. The van der Waals surface area contributed by atoms with Crippen LogP contribution in [0.15, 0.2) is 0 Å². The van der Waals surface area contributed by atoms with Crippen LogP contribution in [0.2, 0.25) is 0 Å². The molecule has 5 rings (SSSR count). The Kier molecular flexibility index (Phi) is 2.29. The molecule has 2 aliphatic heterocycles. The number of imidazole rings is 2. The van der Waals surface area contributed by atoms with Crippen molar-refractivity contribution in [1.29, 1.82) is 0 Å². The van der Waals surface area contributed by atoms with Crippen LogP contribution in [0.4, 0.5) is 0 Å². The van der Waals surface area contributed by atoms with E-state index in [0.717, 1.165) is 0 Å². The Bertz CT molecular complexity index is 777. The van der Waals surface area contributed by atoms with Crippen LogP contribution in [0.3, 0.4) is 0 Å². The Labute approximate surface area is 124 Å². The van der Waals surface area contributed by atoms with Crippen molar-refractivity contribution < 1.29 is 19.1 Å². The highest BCUT2D eigenvalue weighted by Gasteiger charge is 2.41. The number of aromatic nitrogens is 4. The molecule has 0 atom stereocenters. The molecule has 0 fully saturated rings. The van der Waals surface area contributed by atoms with Crippen LogP contribution in [-0.4, -0.2) is 43.9 Å². The van der Waals surface area contributed by atoms with Crippen molar-refractivity contribution >= 4 is 11.6 Å². The van der Waals surface area contributed by atoms with Crippen molar-refractivity contribution in [3.05, 3.63) is 34.4 Å². The van der Waals surface area contributed by atoms with E-state index in [0.29, 0.717) is 62.6 Å². The lowest BCUT2D eigenvalue weighted by molar-refractivity contribution is 0.0789. The third-order valence-electron chi connectivity index (χ3n) is 4.33. The van der Waals surface area contributed by atoms with Gasteiger partial charge < -0.3 is 18.6 Å². The van der Waals surface area contributed by atoms with Crippen molar-refractivity contribution in [3.63, 3.8) is 0 Å². The summed E-state index contributed by atoms with van der Waals surface area (Å²) < 4.78 is 14.3. The van der Waals surface area contributed by atoms with E-state index < -0.39 is 0 Å². The minimum atomic E-state index is -0.229. The van der Waals surface area contributed by atoms with E-state index in [2.05, 4.69) is 9.97 Å². The average Bonchev–Trinajstić information content (AvgIpc) is 3.12. The first-order valence-corrected chi connectivity index (χ1v) is 7.19. The molecule has 22 heavy (non-hydrogen) atoms. The monoisotopic (exact) mass is 300 g/mol. The highest BCUT2D eigenvalue weighted by Crippen LogP contribution is 2.30. The van der Waals surface area contributed by atoms with Crippen LogP contribution < -0.4 is 0 Å². The molecule has 0 aromatic carbocycles. The molecule has 8 heteroatoms. The number of rotatable bonds is 0. The molecular formula is C14H12N4O4. The zero-order valence-electron chi connectivity index (χ0n) is 11.7. The summed E-state index contributed by atoms with van der Waals surface area (Å²) in [6, 6.07) is 0. The first-order chi connectivity index (χ1) is 10.8. The lowest BCUT2D eigenvalue weighted by Gasteiger charge is -2.19. The number of carbonyl (C=O) groups excluding carboxylic acids is 2. The predicted octanol–water partition coefficient (Wildman–Crippen LogP) is -0.0846. The summed E-state index contributed by atoms with van der Waals surface area (Å²) in [5, 5.41) is 0. The number of ketones is 2. The van der Waals surface area contributed by atoms with Crippen molar-refractivity contribution in [2.75, 3.05) is 13.2 Å². The second kappa shape index (κ2) is 4.11. The van der Waals surface area contributed by atoms with Crippen LogP contribution in [0.1, 0.15) is 44.0 Å². The zero-order chi connectivity index (χ0) is 14.8. The molecule has 2 aromatic rings. The standard InChI is InChI=1S/C14H12N4O4/c19-13-10-12(18-2-4-22-6-8(18)16-10)14(20)9-11(13)17-1-3-21-5-7(17)15-9/h1-6H2. The highest BCUT2D eigenvalue weighted by molar-refractivity contribution is 6.26. The minimum absolute atomic E-state index is 0.229. The fraction of sp³-hybridized carbons (Fsp3) is 0.429. The summed E-state index contributed by atoms with van der Waals surface area (Å²) in [6.07, 6.45) is 0. The van der Waals surface area contributed by atoms with Crippen molar-refractivity contribution in [1.82, 2.24) is 19.1 Å². The van der Waals surface area contributed by atoms with Crippen LogP contribution in [-0.2, 0) is 35.8 Å². The number of fused-ring (bicyclic) bond motifs is 6. The van der Waals surface area contributed by atoms with Crippen LogP contribution in [0.25, 0.3) is 0 Å². The van der Waals surface area contributed by atoms with Crippen LogP contribution >= 0.6 is 0 Å². The van der Waals surface area contributed by atoms with Gasteiger partial charge in [0.2, 0.25) is 11.6 Å². The highest BCUT2D eigenvalue weighted by atomic mass is 16.5. The maximum absolute atomic E-state index is 12.8. The summed E-state index contributed by atoms with van der Waals surface area (Å²) >= 11 is 0. The molecule has 112 valence electrons. The lowest BCUT2D eigenvalue weighted by atomic mass is 9.98. The van der Waals surface area contributed by atoms with Gasteiger partial charge in [-0.25, -0.2) is 9.97 Å². The maximum atomic E-state index is 12.8. The first kappa shape index (κ1) is 12.2. The molecule has 0 unspecified atom stereocenters. The second-order valence-electron chi connectivity index (χ2n) is 5.52. The van der Waals surface area contributed by atoms with E-state index in [1.54, 1.807) is 9.13 Å². The molecule has 3 aliphatic rings. The fourth-order valence-electron chi connectivity index (χ4n) is 3.34. The van der Waals surface area contributed by atoms with Gasteiger partial charge in [0.15, 0.2) is 0 Å². The summed E-state index contributed by atoms with van der Waals surface area (Å²) in [5.41, 5.74) is 1.17. The van der Waals surface area contributed by atoms with Crippen molar-refractivity contribution in [2.24, 2.45) is 0 Å². The number of hydrogen-bond donors (Lipinski definition) is 0. The Hall–Kier alpha value is -2.32. The third kappa shape index (κ3) is 1.38. The number of carbonyl (C=O) groups is 2. The fourth-order valence-corrected chi connectivity index (χ4v) is 3.34. The molecule has 2 aromatic heterocycles. The summed E-state index contributed by atoms with van der Waals surface area (Å²) in [5.74, 6) is 0.801. The summed E-state index contributed by atoms with van der Waals surface area (Å²) in [4.78, 5) is 34.4. The first-order valence-electron chi connectivity index (χ1n) is 7.19. The molecular weight excluding hydrogens is 288 g/mol. The minimum Gasteiger partial charge on any atom is -0.372 e. The van der Waals surface area contributed by atoms with Crippen molar-refractivity contribution in [2.45, 2.75) is 26.3 Å². The van der Waals surface area contributed by atoms with Crippen LogP contribution in [0.5, 0.6) is 0 Å². The van der Waals surface area contributed by atoms with Crippen LogP contribution in [0, 0.1) is 0 Å². The van der Waals surface area contributed by atoms with Gasteiger partial charge in [-0.05, 0) is 0 Å². The predicted molar refractivity (Wildman–Crippen MR) is 70.6 cm³/mol. The molecule has 0 amide bonds. The van der Waals surface area contributed by atoms with E-state index >= 15 is 0 Å². The third-order valence-corrected chi connectivity index (χ3v) is 4.33. The van der Waals surface area contributed by atoms with E-state index in [-0.39, 0.29) is 23.0 Å². The van der Waals surface area contributed by atoms with E-state index in [1.165, 1.54) is 0 Å². The smallest absolute Gasteiger partial charge is 0.232 e. The van der Waals surface area contributed by atoms with Gasteiger partial charge in [-0.1, -0.05) is 0 Å². The molecule has 0 bridgehead atoms. The van der Waals surface area contributed by atoms with Gasteiger partial charge in [0.1, 0.15) is 47.6 Å². The molecule has 1 aliphatic carbocycles. The Morgan fingerprint density at radius 1 is 0.773 bits per heavy atom. The molecule has 0 saturated heterocycles. The molecule has 8 nitrogen and oxygen atoms in total. The second-order valence-corrected chi connectivity index (χ2v) is 5.52. The lowest BCUT2D eigenvalue weighted by Crippen LogP contribution is -2.28. The zero-order valence-corrected chi connectivity index (χ0v) is 11.7. The van der Waals surface area contributed by atoms with E-state index in [9.17, 15) is 9.59 Å². The molecule has 4 heterocycles. The summed E-state index contributed by atoms with van der Waals surface area (Å²) in [7, 11) is 0. The number of nitrogens with zero attached hydrogens (tertiary/aromatic N) is 4. The Morgan fingerprint density at radius 3 is 1.68 bits per heavy atom. The topological polar surface area (TPSA) is 88.2 Å². The van der Waals surface area contributed by atoms with E-state index in [4.69, 9.17) is 9.47 Å².